The predicted octanol–water partition coefficient (Wildman–Crippen LogP) is 5.14. The van der Waals surface area contributed by atoms with Crippen LogP contribution in [0.4, 0.5) is 11.6 Å². The lowest BCUT2D eigenvalue weighted by Gasteiger charge is -2.38. The number of hydrogen-bond acceptors (Lipinski definition) is 7. The van der Waals surface area contributed by atoms with Gasteiger partial charge in [-0.15, -0.1) is 5.10 Å². The SMILES string of the molecule is CC1(C)CC(=O)C2=C(C1)Nc1nc(SCc3ccccc3)nn1[C@@H]2c1cccc([N+](=O)[O-])c1. The Morgan fingerprint density at radius 2 is 1.97 bits per heavy atom. The van der Waals surface area contributed by atoms with Crippen molar-refractivity contribution in [1.29, 1.82) is 0 Å². The fraction of sp³-hybridized carbons (Fsp3) is 0.292. The van der Waals surface area contributed by atoms with Crippen molar-refractivity contribution in [1.82, 2.24) is 14.8 Å². The number of nitro benzene ring substituents is 1. The Morgan fingerprint density at radius 3 is 2.73 bits per heavy atom. The van der Waals surface area contributed by atoms with Gasteiger partial charge in [0.2, 0.25) is 11.1 Å². The van der Waals surface area contributed by atoms with Crippen LogP contribution >= 0.6 is 11.8 Å². The lowest BCUT2D eigenvalue weighted by molar-refractivity contribution is -0.384. The van der Waals surface area contributed by atoms with Gasteiger partial charge in [-0.05, 0) is 23.0 Å². The number of fused-ring (bicyclic) bond motifs is 1. The van der Waals surface area contributed by atoms with Crippen LogP contribution in [0.15, 0.2) is 71.0 Å². The second kappa shape index (κ2) is 8.15. The van der Waals surface area contributed by atoms with Gasteiger partial charge in [0.25, 0.3) is 5.69 Å². The highest BCUT2D eigenvalue weighted by Crippen LogP contribution is 2.46. The molecule has 1 atom stereocenters. The quantitative estimate of drug-likeness (QED) is 0.319. The van der Waals surface area contributed by atoms with Gasteiger partial charge >= 0.3 is 0 Å². The van der Waals surface area contributed by atoms with Gasteiger partial charge in [-0.3, -0.25) is 14.9 Å². The first-order valence-electron chi connectivity index (χ1n) is 10.7. The van der Waals surface area contributed by atoms with E-state index in [9.17, 15) is 14.9 Å². The minimum atomic E-state index is -0.557. The van der Waals surface area contributed by atoms with Crippen molar-refractivity contribution in [3.8, 4) is 0 Å². The zero-order valence-electron chi connectivity index (χ0n) is 18.3. The number of thioether (sulfide) groups is 1. The number of benzene rings is 2. The van der Waals surface area contributed by atoms with Crippen molar-refractivity contribution >= 4 is 29.2 Å². The van der Waals surface area contributed by atoms with Crippen molar-refractivity contribution in [2.24, 2.45) is 5.41 Å². The maximum Gasteiger partial charge on any atom is 0.269 e. The molecule has 2 aliphatic rings. The molecule has 0 saturated carbocycles. The summed E-state index contributed by atoms with van der Waals surface area (Å²) in [6.07, 6.45) is 1.11. The van der Waals surface area contributed by atoms with E-state index in [-0.39, 0.29) is 16.9 Å². The van der Waals surface area contributed by atoms with Gasteiger partial charge in [-0.2, -0.15) is 4.98 Å². The number of nitrogens with zero attached hydrogens (tertiary/aromatic N) is 4. The molecule has 0 saturated heterocycles. The number of anilines is 1. The molecule has 0 amide bonds. The molecule has 0 unspecified atom stereocenters. The molecule has 0 radical (unpaired) electrons. The molecule has 0 bridgehead atoms. The average Bonchev–Trinajstić information content (AvgIpc) is 3.18. The second-order valence-electron chi connectivity index (χ2n) is 9.15. The fourth-order valence-corrected chi connectivity index (χ4v) is 5.27. The second-order valence-corrected chi connectivity index (χ2v) is 10.1. The molecule has 9 heteroatoms. The summed E-state index contributed by atoms with van der Waals surface area (Å²) in [7, 11) is 0. The van der Waals surface area contributed by atoms with Gasteiger partial charge in [-0.1, -0.05) is 68.1 Å². The third-order valence-electron chi connectivity index (χ3n) is 5.92. The summed E-state index contributed by atoms with van der Waals surface area (Å²) in [5.74, 6) is 1.29. The first-order chi connectivity index (χ1) is 15.8. The summed E-state index contributed by atoms with van der Waals surface area (Å²) in [5.41, 5.74) is 3.06. The molecule has 5 rings (SSSR count). The van der Waals surface area contributed by atoms with Gasteiger partial charge in [0.15, 0.2) is 5.78 Å². The van der Waals surface area contributed by atoms with E-state index in [0.717, 1.165) is 11.3 Å². The molecule has 1 N–H and O–H groups in total. The van der Waals surface area contributed by atoms with Crippen LogP contribution in [0.2, 0.25) is 0 Å². The topological polar surface area (TPSA) is 103 Å². The van der Waals surface area contributed by atoms with Crippen LogP contribution in [0, 0.1) is 15.5 Å². The van der Waals surface area contributed by atoms with Crippen LogP contribution in [0.3, 0.4) is 0 Å². The van der Waals surface area contributed by atoms with Crippen LogP contribution in [-0.2, 0) is 10.5 Å². The smallest absolute Gasteiger partial charge is 0.269 e. The summed E-state index contributed by atoms with van der Waals surface area (Å²) in [6, 6.07) is 15.9. The Balaban J connectivity index is 1.57. The van der Waals surface area contributed by atoms with Crippen LogP contribution in [0.5, 0.6) is 0 Å². The molecule has 2 heterocycles. The standard InChI is InChI=1S/C24H23N5O3S/c1-24(2)12-18-20(19(30)13-24)21(16-9-6-10-17(11-16)29(31)32)28-22(25-18)26-23(27-28)33-14-15-7-4-3-5-8-15/h3-11,21H,12-14H2,1-2H3,(H,25,26,27)/t21-/m1/s1. The normalized spacial score (nSPS) is 19.0. The van der Waals surface area contributed by atoms with E-state index in [1.807, 2.05) is 36.4 Å². The van der Waals surface area contributed by atoms with Crippen LogP contribution < -0.4 is 5.32 Å². The number of ketones is 1. The summed E-state index contributed by atoms with van der Waals surface area (Å²) < 4.78 is 1.70. The van der Waals surface area contributed by atoms with Crippen molar-refractivity contribution < 1.29 is 9.72 Å². The van der Waals surface area contributed by atoms with E-state index in [1.54, 1.807) is 10.7 Å². The van der Waals surface area contributed by atoms with Crippen LogP contribution in [-0.4, -0.2) is 25.5 Å². The zero-order chi connectivity index (χ0) is 23.2. The van der Waals surface area contributed by atoms with E-state index in [4.69, 9.17) is 5.10 Å². The van der Waals surface area contributed by atoms with Gasteiger partial charge < -0.3 is 5.32 Å². The first kappa shape index (κ1) is 21.4. The zero-order valence-corrected chi connectivity index (χ0v) is 19.1. The first-order valence-corrected chi connectivity index (χ1v) is 11.7. The number of non-ortho nitro benzene ring substituents is 1. The molecule has 0 spiro atoms. The molecule has 2 aromatic carbocycles. The summed E-state index contributed by atoms with van der Waals surface area (Å²) in [6.45, 7) is 4.14. The van der Waals surface area contributed by atoms with Gasteiger partial charge in [-0.25, -0.2) is 4.68 Å². The molecule has 33 heavy (non-hydrogen) atoms. The lowest BCUT2D eigenvalue weighted by Crippen LogP contribution is -2.36. The number of allylic oxidation sites excluding steroid dienone is 2. The van der Waals surface area contributed by atoms with Crippen molar-refractivity contribution in [3.63, 3.8) is 0 Å². The largest absolute Gasteiger partial charge is 0.328 e. The Kier molecular flexibility index (Phi) is 5.28. The molecule has 3 aromatic rings. The Hall–Kier alpha value is -3.46. The maximum atomic E-state index is 13.3. The van der Waals surface area contributed by atoms with Crippen LogP contribution in [0.25, 0.3) is 0 Å². The minimum Gasteiger partial charge on any atom is -0.328 e. The van der Waals surface area contributed by atoms with Crippen molar-refractivity contribution in [2.75, 3.05) is 5.32 Å². The van der Waals surface area contributed by atoms with Crippen LogP contribution in [0.1, 0.15) is 43.9 Å². The molecule has 0 fully saturated rings. The highest BCUT2D eigenvalue weighted by Gasteiger charge is 2.42. The van der Waals surface area contributed by atoms with E-state index in [1.165, 1.54) is 23.9 Å². The summed E-state index contributed by atoms with van der Waals surface area (Å²) >= 11 is 1.51. The number of rotatable bonds is 5. The fourth-order valence-electron chi connectivity index (χ4n) is 4.49. The number of nitro groups is 1. The van der Waals surface area contributed by atoms with Crippen molar-refractivity contribution in [3.05, 3.63) is 87.1 Å². The Labute approximate surface area is 195 Å². The third kappa shape index (κ3) is 4.16. The number of nitrogens with one attached hydrogen (secondary N) is 1. The molecule has 1 aromatic heterocycles. The average molecular weight is 462 g/mol. The van der Waals surface area contributed by atoms with Crippen molar-refractivity contribution in [2.45, 2.75) is 43.6 Å². The predicted molar refractivity (Wildman–Crippen MR) is 126 cm³/mol. The van der Waals surface area contributed by atoms with E-state index < -0.39 is 11.0 Å². The Morgan fingerprint density at radius 1 is 1.18 bits per heavy atom. The summed E-state index contributed by atoms with van der Waals surface area (Å²) in [5, 5.41) is 20.1. The lowest BCUT2D eigenvalue weighted by atomic mass is 9.73. The molecule has 1 aliphatic heterocycles. The minimum absolute atomic E-state index is 0.0166. The molecular formula is C24H23N5O3S. The number of hydrogen-bond donors (Lipinski definition) is 1. The van der Waals surface area contributed by atoms with E-state index >= 15 is 0 Å². The number of carbonyl (C=O) groups excluding carboxylic acids is 1. The third-order valence-corrected chi connectivity index (χ3v) is 6.83. The molecule has 1 aliphatic carbocycles. The highest BCUT2D eigenvalue weighted by atomic mass is 32.2. The molecular weight excluding hydrogens is 438 g/mol. The summed E-state index contributed by atoms with van der Waals surface area (Å²) in [4.78, 5) is 29.0. The monoisotopic (exact) mass is 461 g/mol. The molecule has 168 valence electrons. The van der Waals surface area contributed by atoms with E-state index in [2.05, 4.69) is 24.1 Å². The highest BCUT2D eigenvalue weighted by molar-refractivity contribution is 7.98. The van der Waals surface area contributed by atoms with E-state index in [0.29, 0.717) is 40.8 Å². The maximum absolute atomic E-state index is 13.3. The van der Waals surface area contributed by atoms with Gasteiger partial charge in [0, 0.05) is 35.6 Å². The number of aromatic nitrogens is 3. The number of carbonyl (C=O) groups is 1. The molecule has 8 nitrogen and oxygen atoms in total. The number of Topliss-reactive ketones (excluding diaryl/α,β-unsaturated/α-hetero) is 1. The van der Waals surface area contributed by atoms with Gasteiger partial charge in [0.1, 0.15) is 6.04 Å². The van der Waals surface area contributed by atoms with Gasteiger partial charge in [0.05, 0.1) is 4.92 Å². The Bertz CT molecular complexity index is 1280.